The summed E-state index contributed by atoms with van der Waals surface area (Å²) in [6.45, 7) is 12.7. The Kier molecular flexibility index (Phi) is 14.7. The molecule has 2 amide bonds. The largest absolute Gasteiger partial charge is 0.490 e. The van der Waals surface area contributed by atoms with E-state index in [-0.39, 0.29) is 37.5 Å². The van der Waals surface area contributed by atoms with Crippen molar-refractivity contribution in [1.82, 2.24) is 10.2 Å². The Morgan fingerprint density at radius 2 is 1.78 bits per heavy atom. The number of rotatable bonds is 17. The molecule has 2 aromatic carbocycles. The van der Waals surface area contributed by atoms with E-state index < -0.39 is 36.2 Å². The molecule has 2 aromatic rings. The summed E-state index contributed by atoms with van der Waals surface area (Å²) in [6.07, 6.45) is -0.669. The van der Waals surface area contributed by atoms with Crippen molar-refractivity contribution in [3.8, 4) is 5.75 Å². The number of carboxylic acid groups (broad SMARTS) is 1. The molecule has 0 radical (unpaired) electrons. The first-order chi connectivity index (χ1) is 24.0. The highest BCUT2D eigenvalue weighted by Crippen LogP contribution is 2.45. The van der Waals surface area contributed by atoms with Gasteiger partial charge in [0.15, 0.2) is 0 Å². The Morgan fingerprint density at radius 3 is 2.44 bits per heavy atom. The highest BCUT2D eigenvalue weighted by molar-refractivity contribution is 5.76. The van der Waals surface area contributed by atoms with Crippen LogP contribution in [-0.2, 0) is 37.0 Å². The Labute approximate surface area is 297 Å². The van der Waals surface area contributed by atoms with Crippen LogP contribution in [0.5, 0.6) is 5.75 Å². The number of carbonyl (C=O) groups excluding carboxylic acids is 1. The number of fused-ring (bicyclic) bond motifs is 1. The lowest BCUT2D eigenvalue weighted by molar-refractivity contribution is -0.125. The summed E-state index contributed by atoms with van der Waals surface area (Å²) >= 11 is 0. The average molecular weight is 700 g/mol. The number of piperidine rings is 1. The van der Waals surface area contributed by atoms with Gasteiger partial charge in [0.2, 0.25) is 5.91 Å². The Morgan fingerprint density at radius 1 is 1.04 bits per heavy atom. The SMILES string of the molecule is COCCCN1CCOc2ccc(CO[C@H]3CN(C(=O)O)C(C(C)(C)C)[C@@H](CNC(=O)CO)[C@@H]3c3ccc(COCC(C)COC)cc3)cc21. The number of aliphatic hydroxyl groups excluding tert-OH is 1. The zero-order valence-corrected chi connectivity index (χ0v) is 30.6. The third-order valence-electron chi connectivity index (χ3n) is 9.50. The third-order valence-corrected chi connectivity index (χ3v) is 9.50. The molecule has 2 unspecified atom stereocenters. The van der Waals surface area contributed by atoms with Gasteiger partial charge in [-0.2, -0.15) is 0 Å². The molecular weight excluding hydrogens is 642 g/mol. The van der Waals surface area contributed by atoms with Crippen molar-refractivity contribution in [3.05, 3.63) is 59.2 Å². The molecule has 50 heavy (non-hydrogen) atoms. The number of aliphatic hydroxyl groups is 1. The monoisotopic (exact) mass is 699 g/mol. The van der Waals surface area contributed by atoms with Crippen molar-refractivity contribution in [2.45, 2.75) is 65.4 Å². The minimum atomic E-state index is -1.04. The van der Waals surface area contributed by atoms with Gasteiger partial charge in [0.05, 0.1) is 51.3 Å². The molecular formula is C38H57N3O9. The van der Waals surface area contributed by atoms with E-state index in [1.165, 1.54) is 4.90 Å². The van der Waals surface area contributed by atoms with Crippen molar-refractivity contribution in [1.29, 1.82) is 0 Å². The molecule has 1 fully saturated rings. The number of amides is 2. The molecule has 4 rings (SSSR count). The van der Waals surface area contributed by atoms with E-state index in [1.54, 1.807) is 14.2 Å². The van der Waals surface area contributed by atoms with Crippen molar-refractivity contribution in [2.75, 3.05) is 78.3 Å². The highest BCUT2D eigenvalue weighted by atomic mass is 16.5. The van der Waals surface area contributed by atoms with Crippen molar-refractivity contribution in [3.63, 3.8) is 0 Å². The molecule has 1 saturated heterocycles. The summed E-state index contributed by atoms with van der Waals surface area (Å²) < 4.78 is 29.1. The number of carbonyl (C=O) groups is 2. The van der Waals surface area contributed by atoms with Gasteiger partial charge >= 0.3 is 6.09 Å². The standard InChI is InChI=1S/C38H57N3O9/c1-26(22-47-6)23-48-24-27-8-11-29(12-9-27)35-30(19-39-34(43)21-42)36(38(2,3)4)41(37(44)45)20-33(35)50-25-28-10-13-32-31(18-28)40(15-17-49-32)14-7-16-46-5/h8-13,18,26,30,33,35-36,42H,7,14-17,19-25H2,1-6H3,(H,39,43)(H,44,45)/t26?,30-,33-,35-,36?/m0/s1. The van der Waals surface area contributed by atoms with E-state index in [1.807, 2.05) is 45.0 Å². The van der Waals surface area contributed by atoms with Gasteiger partial charge in [-0.15, -0.1) is 0 Å². The number of hydrogen-bond donors (Lipinski definition) is 3. The second-order valence-corrected chi connectivity index (χ2v) is 14.5. The van der Waals surface area contributed by atoms with Crippen LogP contribution in [0, 0.1) is 17.3 Å². The van der Waals surface area contributed by atoms with Crippen LogP contribution < -0.4 is 15.0 Å². The second-order valence-electron chi connectivity index (χ2n) is 14.5. The normalized spacial score (nSPS) is 21.3. The van der Waals surface area contributed by atoms with Crippen LogP contribution in [-0.4, -0.2) is 113 Å². The number of likely N-dealkylation sites (tertiary alicyclic amines) is 1. The van der Waals surface area contributed by atoms with Gasteiger partial charge in [0.25, 0.3) is 0 Å². The van der Waals surface area contributed by atoms with E-state index in [2.05, 4.69) is 35.3 Å². The van der Waals surface area contributed by atoms with Crippen LogP contribution in [0.25, 0.3) is 0 Å². The molecule has 2 aliphatic heterocycles. The number of nitrogens with one attached hydrogen (secondary N) is 1. The van der Waals surface area contributed by atoms with Gasteiger partial charge in [0.1, 0.15) is 19.0 Å². The quantitative estimate of drug-likeness (QED) is 0.202. The lowest BCUT2D eigenvalue weighted by atomic mass is 9.66. The maximum absolute atomic E-state index is 12.8. The smallest absolute Gasteiger partial charge is 0.407 e. The predicted octanol–water partition coefficient (Wildman–Crippen LogP) is 4.52. The summed E-state index contributed by atoms with van der Waals surface area (Å²) in [7, 11) is 3.39. The summed E-state index contributed by atoms with van der Waals surface area (Å²) in [5, 5.41) is 22.9. The van der Waals surface area contributed by atoms with Crippen molar-refractivity contribution in [2.24, 2.45) is 17.3 Å². The highest BCUT2D eigenvalue weighted by Gasteiger charge is 2.50. The average Bonchev–Trinajstić information content (AvgIpc) is 3.09. The van der Waals surface area contributed by atoms with Crippen molar-refractivity contribution >= 4 is 17.7 Å². The second kappa shape index (κ2) is 18.7. The Balaban J connectivity index is 1.65. The first-order valence-electron chi connectivity index (χ1n) is 17.6. The maximum atomic E-state index is 12.8. The summed E-state index contributed by atoms with van der Waals surface area (Å²) in [6, 6.07) is 13.8. The molecule has 0 saturated carbocycles. The minimum absolute atomic E-state index is 0.159. The number of nitrogens with zero attached hydrogens (tertiary/aromatic N) is 2. The van der Waals surface area contributed by atoms with Crippen LogP contribution >= 0.6 is 0 Å². The van der Waals surface area contributed by atoms with Crippen LogP contribution in [0.4, 0.5) is 10.5 Å². The maximum Gasteiger partial charge on any atom is 0.407 e. The molecule has 0 aromatic heterocycles. The lowest BCUT2D eigenvalue weighted by Crippen LogP contribution is -2.63. The summed E-state index contributed by atoms with van der Waals surface area (Å²) in [5.41, 5.74) is 3.49. The topological polar surface area (TPSA) is 139 Å². The number of methoxy groups -OCH3 is 2. The van der Waals surface area contributed by atoms with E-state index in [0.29, 0.717) is 33.0 Å². The number of anilines is 1. The van der Waals surface area contributed by atoms with Crippen molar-refractivity contribution < 1.29 is 43.5 Å². The Bertz CT molecular complexity index is 1370. The van der Waals surface area contributed by atoms with E-state index in [9.17, 15) is 19.8 Å². The molecule has 0 bridgehead atoms. The lowest BCUT2D eigenvalue weighted by Gasteiger charge is -2.53. The van der Waals surface area contributed by atoms with E-state index in [4.69, 9.17) is 23.7 Å². The van der Waals surface area contributed by atoms with Crippen LogP contribution in [0.15, 0.2) is 42.5 Å². The molecule has 0 spiro atoms. The first-order valence-corrected chi connectivity index (χ1v) is 17.6. The molecule has 12 heteroatoms. The zero-order chi connectivity index (χ0) is 36.3. The van der Waals surface area contributed by atoms with Gasteiger partial charge in [-0.05, 0) is 40.7 Å². The fraction of sp³-hybridized carbons (Fsp3) is 0.632. The fourth-order valence-corrected chi connectivity index (χ4v) is 7.37. The van der Waals surface area contributed by atoms with Gasteiger partial charge in [0, 0.05) is 57.7 Å². The molecule has 5 atom stereocenters. The van der Waals surface area contributed by atoms with Gasteiger partial charge in [-0.25, -0.2) is 4.79 Å². The molecule has 2 heterocycles. The predicted molar refractivity (Wildman–Crippen MR) is 191 cm³/mol. The number of benzene rings is 2. The first kappa shape index (κ1) is 39.4. The van der Waals surface area contributed by atoms with E-state index >= 15 is 0 Å². The van der Waals surface area contributed by atoms with Gasteiger partial charge in [-0.3, -0.25) is 4.79 Å². The van der Waals surface area contributed by atoms with E-state index in [0.717, 1.165) is 47.6 Å². The molecule has 2 aliphatic rings. The van der Waals surface area contributed by atoms with Crippen LogP contribution in [0.2, 0.25) is 0 Å². The zero-order valence-electron chi connectivity index (χ0n) is 30.6. The molecule has 12 nitrogen and oxygen atoms in total. The number of hydrogen-bond acceptors (Lipinski definition) is 9. The summed E-state index contributed by atoms with van der Waals surface area (Å²) in [4.78, 5) is 29.0. The summed E-state index contributed by atoms with van der Waals surface area (Å²) in [5.74, 6) is -0.0254. The molecule has 3 N–H and O–H groups in total. The van der Waals surface area contributed by atoms with Gasteiger partial charge < -0.3 is 49.0 Å². The number of ether oxygens (including phenoxy) is 5. The molecule has 278 valence electrons. The minimum Gasteiger partial charge on any atom is -0.490 e. The van der Waals surface area contributed by atoms with Crippen LogP contribution in [0.1, 0.15) is 56.7 Å². The molecule has 0 aliphatic carbocycles. The Hall–Kier alpha value is -3.42. The fourth-order valence-electron chi connectivity index (χ4n) is 7.37. The van der Waals surface area contributed by atoms with Crippen LogP contribution in [0.3, 0.4) is 0 Å². The third kappa shape index (κ3) is 10.6. The van der Waals surface area contributed by atoms with Gasteiger partial charge in [-0.1, -0.05) is 58.0 Å².